The van der Waals surface area contributed by atoms with Gasteiger partial charge < -0.3 is 9.80 Å². The van der Waals surface area contributed by atoms with Gasteiger partial charge >= 0.3 is 6.03 Å². The number of nitrogens with one attached hydrogen (secondary N) is 1. The molecule has 1 aliphatic rings. The highest BCUT2D eigenvalue weighted by Gasteiger charge is 2.22. The molecule has 0 atom stereocenters. The number of nitrogens with zero attached hydrogens (tertiary/aromatic N) is 6. The molecule has 0 saturated carbocycles. The van der Waals surface area contributed by atoms with E-state index < -0.39 is 0 Å². The molecule has 8 heteroatoms. The van der Waals surface area contributed by atoms with Crippen LogP contribution in [0.5, 0.6) is 0 Å². The Morgan fingerprint density at radius 3 is 2.72 bits per heavy atom. The number of carbonyl (C=O) groups excluding carboxylic acids is 1. The van der Waals surface area contributed by atoms with Gasteiger partial charge in [-0.3, -0.25) is 10.00 Å². The predicted octanol–water partition coefficient (Wildman–Crippen LogP) is 1.83. The van der Waals surface area contributed by atoms with Crippen molar-refractivity contribution in [1.29, 1.82) is 0 Å². The number of aromatic nitrogens is 4. The summed E-state index contributed by atoms with van der Waals surface area (Å²) in [5.74, 6) is 2.42. The maximum absolute atomic E-state index is 12.5. The summed E-state index contributed by atoms with van der Waals surface area (Å²) in [5.41, 5.74) is 1.00. The molecule has 0 unspecified atom stereocenters. The molecule has 0 aliphatic carbocycles. The molecule has 1 saturated heterocycles. The van der Waals surface area contributed by atoms with E-state index in [4.69, 9.17) is 0 Å². The van der Waals surface area contributed by atoms with Crippen LogP contribution < -0.4 is 10.2 Å². The van der Waals surface area contributed by atoms with Crippen LogP contribution in [0.2, 0.25) is 0 Å². The van der Waals surface area contributed by atoms with Gasteiger partial charge in [0.15, 0.2) is 0 Å². The van der Waals surface area contributed by atoms with Crippen LogP contribution in [-0.4, -0.2) is 56.9 Å². The van der Waals surface area contributed by atoms with Gasteiger partial charge in [0.1, 0.15) is 17.5 Å². The van der Waals surface area contributed by atoms with E-state index in [1.54, 1.807) is 10.9 Å². The maximum atomic E-state index is 12.5. The predicted molar refractivity (Wildman–Crippen MR) is 96.8 cm³/mol. The quantitative estimate of drug-likeness (QED) is 0.916. The van der Waals surface area contributed by atoms with Crippen LogP contribution in [0.15, 0.2) is 18.3 Å². The average molecular weight is 343 g/mol. The first-order valence-corrected chi connectivity index (χ1v) is 8.70. The standard InChI is InChI=1S/C17H25N7O/c1-4-5-14-12-16(22(3)21-14)20-17(25)24-10-8-23(9-11-24)15-6-7-18-13(2)19-15/h6-7,12H,4-5,8-11H2,1-3H3,(H,20,25). The smallest absolute Gasteiger partial charge is 0.323 e. The zero-order chi connectivity index (χ0) is 17.8. The summed E-state index contributed by atoms with van der Waals surface area (Å²) < 4.78 is 1.73. The van der Waals surface area contributed by atoms with Gasteiger partial charge in [-0.15, -0.1) is 0 Å². The van der Waals surface area contributed by atoms with Gasteiger partial charge in [-0.05, 0) is 19.4 Å². The van der Waals surface area contributed by atoms with Crippen molar-refractivity contribution < 1.29 is 4.79 Å². The lowest BCUT2D eigenvalue weighted by Gasteiger charge is -2.35. The van der Waals surface area contributed by atoms with Crippen molar-refractivity contribution in [3.63, 3.8) is 0 Å². The van der Waals surface area contributed by atoms with E-state index in [9.17, 15) is 4.79 Å². The molecule has 1 N–H and O–H groups in total. The highest BCUT2D eigenvalue weighted by Crippen LogP contribution is 2.15. The molecular weight excluding hydrogens is 318 g/mol. The second-order valence-electron chi connectivity index (χ2n) is 6.26. The van der Waals surface area contributed by atoms with Crippen molar-refractivity contribution in [3.8, 4) is 0 Å². The number of rotatable bonds is 4. The molecule has 3 heterocycles. The largest absolute Gasteiger partial charge is 0.353 e. The number of amides is 2. The van der Waals surface area contributed by atoms with Gasteiger partial charge in [0.25, 0.3) is 0 Å². The van der Waals surface area contributed by atoms with Crippen LogP contribution >= 0.6 is 0 Å². The van der Waals surface area contributed by atoms with Crippen molar-refractivity contribution in [2.45, 2.75) is 26.7 Å². The number of hydrogen-bond donors (Lipinski definition) is 1. The monoisotopic (exact) mass is 343 g/mol. The molecule has 0 spiro atoms. The molecule has 2 aromatic heterocycles. The van der Waals surface area contributed by atoms with E-state index in [0.717, 1.165) is 49.1 Å². The van der Waals surface area contributed by atoms with E-state index >= 15 is 0 Å². The lowest BCUT2D eigenvalue weighted by molar-refractivity contribution is 0.208. The normalized spacial score (nSPS) is 14.7. The number of urea groups is 1. The van der Waals surface area contributed by atoms with E-state index in [-0.39, 0.29) is 6.03 Å². The van der Waals surface area contributed by atoms with Crippen LogP contribution in [-0.2, 0) is 13.5 Å². The van der Waals surface area contributed by atoms with Gasteiger partial charge in [-0.25, -0.2) is 14.8 Å². The Morgan fingerprint density at radius 2 is 2.04 bits per heavy atom. The fraction of sp³-hybridized carbons (Fsp3) is 0.529. The summed E-state index contributed by atoms with van der Waals surface area (Å²) in [5, 5.41) is 7.39. The number of anilines is 2. The van der Waals surface area contributed by atoms with Crippen LogP contribution in [0.4, 0.5) is 16.4 Å². The summed E-state index contributed by atoms with van der Waals surface area (Å²) >= 11 is 0. The highest BCUT2D eigenvalue weighted by molar-refractivity contribution is 5.88. The number of hydrogen-bond acceptors (Lipinski definition) is 5. The van der Waals surface area contributed by atoms with Crippen molar-refractivity contribution in [2.75, 3.05) is 36.4 Å². The van der Waals surface area contributed by atoms with Crippen molar-refractivity contribution >= 4 is 17.7 Å². The van der Waals surface area contributed by atoms with Gasteiger partial charge in [-0.2, -0.15) is 5.10 Å². The minimum absolute atomic E-state index is 0.0791. The minimum Gasteiger partial charge on any atom is -0.353 e. The van der Waals surface area contributed by atoms with E-state index in [1.165, 1.54) is 0 Å². The summed E-state index contributed by atoms with van der Waals surface area (Å²) in [6.07, 6.45) is 3.72. The molecule has 2 amide bonds. The number of carbonyl (C=O) groups is 1. The molecule has 0 radical (unpaired) electrons. The third-order valence-electron chi connectivity index (χ3n) is 4.32. The lowest BCUT2D eigenvalue weighted by atomic mass is 10.2. The Hall–Kier alpha value is -2.64. The first-order chi connectivity index (χ1) is 12.1. The Labute approximate surface area is 147 Å². The molecular formula is C17H25N7O. The summed E-state index contributed by atoms with van der Waals surface area (Å²) in [6.45, 7) is 6.84. The first kappa shape index (κ1) is 17.2. The summed E-state index contributed by atoms with van der Waals surface area (Å²) in [7, 11) is 1.85. The topological polar surface area (TPSA) is 79.2 Å². The average Bonchev–Trinajstić information content (AvgIpc) is 2.94. The Morgan fingerprint density at radius 1 is 1.28 bits per heavy atom. The molecule has 2 aromatic rings. The molecule has 1 fully saturated rings. The van der Waals surface area contributed by atoms with Crippen LogP contribution in [0, 0.1) is 6.92 Å². The fourth-order valence-electron chi connectivity index (χ4n) is 2.97. The molecule has 0 bridgehead atoms. The molecule has 8 nitrogen and oxygen atoms in total. The van der Waals surface area contributed by atoms with E-state index in [0.29, 0.717) is 13.1 Å². The summed E-state index contributed by atoms with van der Waals surface area (Å²) in [4.78, 5) is 25.1. The van der Waals surface area contributed by atoms with E-state index in [1.807, 2.05) is 31.0 Å². The highest BCUT2D eigenvalue weighted by atomic mass is 16.2. The molecule has 1 aliphatic heterocycles. The lowest BCUT2D eigenvalue weighted by Crippen LogP contribution is -2.50. The molecule has 0 aromatic carbocycles. The van der Waals surface area contributed by atoms with Gasteiger partial charge in [0.05, 0.1) is 5.69 Å². The van der Waals surface area contributed by atoms with Gasteiger partial charge in [-0.1, -0.05) is 13.3 Å². The Balaban J connectivity index is 1.56. The number of aryl methyl sites for hydroxylation is 3. The van der Waals surface area contributed by atoms with Crippen LogP contribution in [0.1, 0.15) is 24.9 Å². The van der Waals surface area contributed by atoms with Crippen molar-refractivity contribution in [2.24, 2.45) is 7.05 Å². The SMILES string of the molecule is CCCc1cc(NC(=O)N2CCN(c3ccnc(C)n3)CC2)n(C)n1. The third kappa shape index (κ3) is 4.07. The van der Waals surface area contributed by atoms with Crippen molar-refractivity contribution in [3.05, 3.63) is 29.8 Å². The minimum atomic E-state index is -0.0791. The second-order valence-corrected chi connectivity index (χ2v) is 6.26. The van der Waals surface area contributed by atoms with Gasteiger partial charge in [0.2, 0.25) is 0 Å². The zero-order valence-corrected chi connectivity index (χ0v) is 15.1. The van der Waals surface area contributed by atoms with Crippen molar-refractivity contribution in [1.82, 2.24) is 24.6 Å². The zero-order valence-electron chi connectivity index (χ0n) is 15.1. The molecule has 25 heavy (non-hydrogen) atoms. The van der Waals surface area contributed by atoms with Gasteiger partial charge in [0, 0.05) is 45.5 Å². The maximum Gasteiger partial charge on any atom is 0.323 e. The second kappa shape index (κ2) is 7.50. The van der Waals surface area contributed by atoms with Crippen LogP contribution in [0.3, 0.4) is 0 Å². The first-order valence-electron chi connectivity index (χ1n) is 8.70. The molecule has 3 rings (SSSR count). The summed E-state index contributed by atoms with van der Waals surface area (Å²) in [6, 6.07) is 3.78. The fourth-order valence-corrected chi connectivity index (χ4v) is 2.97. The van der Waals surface area contributed by atoms with E-state index in [2.05, 4.69) is 32.2 Å². The Bertz CT molecular complexity index is 734. The third-order valence-corrected chi connectivity index (χ3v) is 4.32. The Kier molecular flexibility index (Phi) is 5.16. The number of piperazine rings is 1. The van der Waals surface area contributed by atoms with Crippen LogP contribution in [0.25, 0.3) is 0 Å². The molecule has 134 valence electrons.